The minimum absolute atomic E-state index is 0.164. The number of nitrogens with two attached hydrogens (primary N) is 1. The summed E-state index contributed by atoms with van der Waals surface area (Å²) in [5, 5.41) is 0. The van der Waals surface area contributed by atoms with Gasteiger partial charge < -0.3 is 10.6 Å². The number of rotatable bonds is 4. The molecule has 1 rings (SSSR count). The Labute approximate surface area is 106 Å². The molecular formula is C15H26N2. The summed E-state index contributed by atoms with van der Waals surface area (Å²) in [6, 6.07) is 8.77. The molecule has 0 saturated carbocycles. The van der Waals surface area contributed by atoms with Gasteiger partial charge in [0.2, 0.25) is 0 Å². The highest BCUT2D eigenvalue weighted by Gasteiger charge is 2.14. The molecule has 0 saturated heterocycles. The van der Waals surface area contributed by atoms with Gasteiger partial charge in [-0.3, -0.25) is 0 Å². The molecule has 0 bridgehead atoms. The van der Waals surface area contributed by atoms with Crippen LogP contribution >= 0.6 is 0 Å². The molecule has 1 aromatic rings. The maximum absolute atomic E-state index is 6.01. The number of hydrogen-bond donors (Lipinski definition) is 1. The number of hydrogen-bond acceptors (Lipinski definition) is 2. The smallest absolute Gasteiger partial charge is 0.0363 e. The second-order valence-corrected chi connectivity index (χ2v) is 6.02. The van der Waals surface area contributed by atoms with Crippen molar-refractivity contribution >= 4 is 5.69 Å². The van der Waals surface area contributed by atoms with Gasteiger partial charge in [0.05, 0.1) is 0 Å². The predicted molar refractivity (Wildman–Crippen MR) is 76.4 cm³/mol. The molecule has 0 fully saturated rings. The van der Waals surface area contributed by atoms with Crippen LogP contribution in [0.25, 0.3) is 0 Å². The molecule has 0 aliphatic heterocycles. The van der Waals surface area contributed by atoms with Crippen LogP contribution in [0.1, 0.15) is 45.7 Å². The van der Waals surface area contributed by atoms with Gasteiger partial charge in [0, 0.05) is 25.3 Å². The summed E-state index contributed by atoms with van der Waals surface area (Å²) in [5.74, 6) is 0. The largest absolute Gasteiger partial charge is 0.374 e. The lowest BCUT2D eigenvalue weighted by atomic mass is 9.96. The summed E-state index contributed by atoms with van der Waals surface area (Å²) in [4.78, 5) is 2.29. The first kappa shape index (κ1) is 14.0. The van der Waals surface area contributed by atoms with Gasteiger partial charge in [-0.15, -0.1) is 0 Å². The van der Waals surface area contributed by atoms with Gasteiger partial charge in [0.15, 0.2) is 0 Å². The van der Waals surface area contributed by atoms with Crippen molar-refractivity contribution in [2.24, 2.45) is 11.1 Å². The van der Waals surface area contributed by atoms with Crippen molar-refractivity contribution in [3.05, 3.63) is 29.8 Å². The summed E-state index contributed by atoms with van der Waals surface area (Å²) in [7, 11) is 2.14. The van der Waals surface area contributed by atoms with E-state index in [0.29, 0.717) is 5.41 Å². The van der Waals surface area contributed by atoms with Gasteiger partial charge in [-0.2, -0.15) is 0 Å². The molecular weight excluding hydrogens is 208 g/mol. The summed E-state index contributed by atoms with van der Waals surface area (Å²) in [6.45, 7) is 9.93. The van der Waals surface area contributed by atoms with E-state index < -0.39 is 0 Å². The van der Waals surface area contributed by atoms with E-state index >= 15 is 0 Å². The molecule has 2 N–H and O–H groups in total. The average molecular weight is 234 g/mol. The topological polar surface area (TPSA) is 29.3 Å². The van der Waals surface area contributed by atoms with Crippen LogP contribution in [-0.2, 0) is 0 Å². The van der Waals surface area contributed by atoms with Gasteiger partial charge in [0.25, 0.3) is 0 Å². The quantitative estimate of drug-likeness (QED) is 0.863. The SMILES string of the molecule is CCC(N)c1ccc(N(C)CC(C)(C)C)cc1. The van der Waals surface area contributed by atoms with Crippen LogP contribution < -0.4 is 10.6 Å². The Balaban J connectivity index is 2.74. The molecule has 0 heterocycles. The lowest BCUT2D eigenvalue weighted by Crippen LogP contribution is -2.29. The summed E-state index contributed by atoms with van der Waals surface area (Å²) < 4.78 is 0. The first-order valence-electron chi connectivity index (χ1n) is 6.40. The van der Waals surface area contributed by atoms with E-state index in [1.807, 2.05) is 0 Å². The third kappa shape index (κ3) is 4.39. The third-order valence-electron chi connectivity index (χ3n) is 2.91. The maximum Gasteiger partial charge on any atom is 0.0363 e. The average Bonchev–Trinajstić information content (AvgIpc) is 2.26. The lowest BCUT2D eigenvalue weighted by Gasteiger charge is -2.28. The van der Waals surface area contributed by atoms with E-state index in [-0.39, 0.29) is 6.04 Å². The second kappa shape index (κ2) is 5.54. The zero-order valence-corrected chi connectivity index (χ0v) is 11.8. The Kier molecular flexibility index (Phi) is 4.58. The Bertz CT molecular complexity index is 335. The molecule has 0 aromatic heterocycles. The third-order valence-corrected chi connectivity index (χ3v) is 2.91. The summed E-state index contributed by atoms with van der Waals surface area (Å²) in [6.07, 6.45) is 0.983. The highest BCUT2D eigenvalue weighted by molar-refractivity contribution is 5.47. The molecule has 1 atom stereocenters. The normalized spacial score (nSPS) is 13.5. The molecule has 0 spiro atoms. The lowest BCUT2D eigenvalue weighted by molar-refractivity contribution is 0.419. The summed E-state index contributed by atoms with van der Waals surface area (Å²) >= 11 is 0. The van der Waals surface area contributed by atoms with Crippen molar-refractivity contribution < 1.29 is 0 Å². The first-order valence-corrected chi connectivity index (χ1v) is 6.40. The van der Waals surface area contributed by atoms with E-state index in [0.717, 1.165) is 13.0 Å². The van der Waals surface area contributed by atoms with E-state index in [9.17, 15) is 0 Å². The van der Waals surface area contributed by atoms with Crippen molar-refractivity contribution in [3.8, 4) is 0 Å². The highest BCUT2D eigenvalue weighted by Crippen LogP contribution is 2.22. The molecule has 2 nitrogen and oxygen atoms in total. The standard InChI is InChI=1S/C15H26N2/c1-6-14(16)12-7-9-13(10-8-12)17(5)11-15(2,3)4/h7-10,14H,6,11,16H2,1-5H3. The van der Waals surface area contributed by atoms with Crippen molar-refractivity contribution in [1.82, 2.24) is 0 Å². The molecule has 0 aliphatic carbocycles. The molecule has 2 heteroatoms. The van der Waals surface area contributed by atoms with Crippen LogP contribution in [0.5, 0.6) is 0 Å². The molecule has 1 unspecified atom stereocenters. The minimum atomic E-state index is 0.164. The molecule has 0 amide bonds. The van der Waals surface area contributed by atoms with Crippen LogP contribution in [0.4, 0.5) is 5.69 Å². The van der Waals surface area contributed by atoms with E-state index in [1.54, 1.807) is 0 Å². The zero-order valence-electron chi connectivity index (χ0n) is 11.8. The molecule has 1 aromatic carbocycles. The van der Waals surface area contributed by atoms with Crippen molar-refractivity contribution in [2.75, 3.05) is 18.5 Å². The fourth-order valence-electron chi connectivity index (χ4n) is 2.01. The molecule has 96 valence electrons. The first-order chi connectivity index (χ1) is 7.83. The van der Waals surface area contributed by atoms with Gasteiger partial charge in [-0.25, -0.2) is 0 Å². The van der Waals surface area contributed by atoms with Gasteiger partial charge in [-0.05, 0) is 29.5 Å². The van der Waals surface area contributed by atoms with Crippen LogP contribution in [0.15, 0.2) is 24.3 Å². The van der Waals surface area contributed by atoms with Crippen LogP contribution in [0.2, 0.25) is 0 Å². The molecule has 17 heavy (non-hydrogen) atoms. The van der Waals surface area contributed by atoms with E-state index in [4.69, 9.17) is 5.73 Å². The molecule has 0 aliphatic rings. The Morgan fingerprint density at radius 1 is 1.18 bits per heavy atom. The van der Waals surface area contributed by atoms with Crippen LogP contribution in [-0.4, -0.2) is 13.6 Å². The van der Waals surface area contributed by atoms with Gasteiger partial charge in [-0.1, -0.05) is 39.8 Å². The van der Waals surface area contributed by atoms with Gasteiger partial charge in [0.1, 0.15) is 0 Å². The van der Waals surface area contributed by atoms with Crippen LogP contribution in [0.3, 0.4) is 0 Å². The second-order valence-electron chi connectivity index (χ2n) is 6.02. The van der Waals surface area contributed by atoms with E-state index in [2.05, 4.69) is 63.9 Å². The number of nitrogens with zero attached hydrogens (tertiary/aromatic N) is 1. The summed E-state index contributed by atoms with van der Waals surface area (Å²) in [5.41, 5.74) is 8.80. The number of anilines is 1. The maximum atomic E-state index is 6.01. The Morgan fingerprint density at radius 3 is 2.12 bits per heavy atom. The molecule has 0 radical (unpaired) electrons. The highest BCUT2D eigenvalue weighted by atomic mass is 15.1. The fourth-order valence-corrected chi connectivity index (χ4v) is 2.01. The Hall–Kier alpha value is -1.02. The van der Waals surface area contributed by atoms with Crippen LogP contribution in [0, 0.1) is 5.41 Å². The van der Waals surface area contributed by atoms with Crippen molar-refractivity contribution in [1.29, 1.82) is 0 Å². The number of benzene rings is 1. The monoisotopic (exact) mass is 234 g/mol. The Morgan fingerprint density at radius 2 is 1.71 bits per heavy atom. The van der Waals surface area contributed by atoms with E-state index in [1.165, 1.54) is 11.3 Å². The predicted octanol–water partition coefficient (Wildman–Crippen LogP) is 3.58. The van der Waals surface area contributed by atoms with Gasteiger partial charge >= 0.3 is 0 Å². The minimum Gasteiger partial charge on any atom is -0.374 e. The fraction of sp³-hybridized carbons (Fsp3) is 0.600. The van der Waals surface area contributed by atoms with Crippen molar-refractivity contribution in [3.63, 3.8) is 0 Å². The van der Waals surface area contributed by atoms with Crippen molar-refractivity contribution in [2.45, 2.75) is 40.2 Å². The zero-order chi connectivity index (χ0) is 13.1.